The fraction of sp³-hybridized carbons (Fsp3) is 0.923. The maximum atomic E-state index is 12.0. The molecule has 0 spiro atoms. The van der Waals surface area contributed by atoms with Crippen molar-refractivity contribution in [3.63, 3.8) is 0 Å². The van der Waals surface area contributed by atoms with Crippen LogP contribution < -0.4 is 11.1 Å². The van der Waals surface area contributed by atoms with Crippen LogP contribution in [0.3, 0.4) is 0 Å². The number of carbonyl (C=O) groups is 1. The molecule has 2 aliphatic rings. The highest BCUT2D eigenvalue weighted by Gasteiger charge is 2.30. The van der Waals surface area contributed by atoms with Crippen molar-refractivity contribution in [2.75, 3.05) is 46.8 Å². The topological polar surface area (TPSA) is 70.8 Å². The lowest BCUT2D eigenvalue weighted by molar-refractivity contribution is -0.132. The largest absolute Gasteiger partial charge is 0.364 e. The molecule has 1 amide bonds. The number of hydrogen-bond acceptors (Lipinski definition) is 5. The Bertz CT molecular complexity index is 313. The molecule has 6 nitrogen and oxygen atoms in total. The number of carbonyl (C=O) groups excluding carboxylic acids is 1. The molecule has 0 aliphatic carbocycles. The first kappa shape index (κ1) is 14.7. The Balaban J connectivity index is 1.74. The summed E-state index contributed by atoms with van der Waals surface area (Å²) in [4.78, 5) is 16.6. The van der Waals surface area contributed by atoms with Gasteiger partial charge in [-0.1, -0.05) is 0 Å². The van der Waals surface area contributed by atoms with Crippen LogP contribution in [0.2, 0.25) is 0 Å². The summed E-state index contributed by atoms with van der Waals surface area (Å²) in [6, 6.07) is 0.384. The number of ether oxygens (including phenoxy) is 1. The van der Waals surface area contributed by atoms with Crippen LogP contribution in [0.1, 0.15) is 12.8 Å². The quantitative estimate of drug-likeness (QED) is 0.675. The van der Waals surface area contributed by atoms with Crippen LogP contribution in [0, 0.1) is 0 Å². The van der Waals surface area contributed by atoms with Crippen LogP contribution in [0.4, 0.5) is 0 Å². The van der Waals surface area contributed by atoms with E-state index in [9.17, 15) is 4.79 Å². The number of likely N-dealkylation sites (N-methyl/N-ethyl adjacent to an activating group) is 2. The van der Waals surface area contributed by atoms with E-state index in [4.69, 9.17) is 10.5 Å². The number of rotatable bonds is 4. The molecule has 2 rings (SSSR count). The van der Waals surface area contributed by atoms with E-state index in [0.717, 1.165) is 32.5 Å². The molecule has 0 aromatic carbocycles. The standard InChI is InChI=1S/C13H26N4O2/c1-16-5-6-17(2)10(9-16)8-15-13(18)12-4-3-11(7-14)19-12/h10-12H,3-9,14H2,1-2H3,(H,15,18). The highest BCUT2D eigenvalue weighted by molar-refractivity contribution is 5.81. The van der Waals surface area contributed by atoms with E-state index in [2.05, 4.69) is 29.2 Å². The van der Waals surface area contributed by atoms with Crippen LogP contribution in [0.25, 0.3) is 0 Å². The third-order valence-corrected chi connectivity index (χ3v) is 4.15. The monoisotopic (exact) mass is 270 g/mol. The number of nitrogens with one attached hydrogen (secondary N) is 1. The van der Waals surface area contributed by atoms with Crippen LogP contribution >= 0.6 is 0 Å². The Hall–Kier alpha value is -0.690. The second kappa shape index (κ2) is 6.65. The van der Waals surface area contributed by atoms with E-state index in [-0.39, 0.29) is 18.1 Å². The summed E-state index contributed by atoms with van der Waals surface area (Å²) < 4.78 is 5.60. The van der Waals surface area contributed by atoms with Gasteiger partial charge in [0.1, 0.15) is 6.10 Å². The number of amides is 1. The predicted octanol–water partition coefficient (Wildman–Crippen LogP) is -1.15. The van der Waals surface area contributed by atoms with Crippen LogP contribution in [0.15, 0.2) is 0 Å². The Labute approximate surface area is 115 Å². The maximum Gasteiger partial charge on any atom is 0.249 e. The van der Waals surface area contributed by atoms with Gasteiger partial charge in [0, 0.05) is 38.8 Å². The van der Waals surface area contributed by atoms with Gasteiger partial charge in [0.25, 0.3) is 0 Å². The van der Waals surface area contributed by atoms with Crippen molar-refractivity contribution in [3.8, 4) is 0 Å². The fourth-order valence-electron chi connectivity index (χ4n) is 2.73. The van der Waals surface area contributed by atoms with Crippen molar-refractivity contribution in [3.05, 3.63) is 0 Å². The summed E-state index contributed by atoms with van der Waals surface area (Å²) in [6.45, 7) is 4.32. The van der Waals surface area contributed by atoms with Crippen molar-refractivity contribution in [2.24, 2.45) is 5.73 Å². The van der Waals surface area contributed by atoms with Crippen molar-refractivity contribution >= 4 is 5.91 Å². The van der Waals surface area contributed by atoms with E-state index < -0.39 is 0 Å². The summed E-state index contributed by atoms with van der Waals surface area (Å²) in [7, 11) is 4.23. The molecule has 0 radical (unpaired) electrons. The molecule has 2 saturated heterocycles. The summed E-state index contributed by atoms with van der Waals surface area (Å²) in [6.07, 6.45) is 1.42. The minimum absolute atomic E-state index is 0.0116. The summed E-state index contributed by atoms with van der Waals surface area (Å²) >= 11 is 0. The van der Waals surface area contributed by atoms with Crippen molar-refractivity contribution < 1.29 is 9.53 Å². The van der Waals surface area contributed by atoms with Gasteiger partial charge in [0.05, 0.1) is 6.10 Å². The molecule has 0 aromatic heterocycles. The highest BCUT2D eigenvalue weighted by Crippen LogP contribution is 2.18. The minimum Gasteiger partial charge on any atom is -0.364 e. The van der Waals surface area contributed by atoms with Gasteiger partial charge in [-0.05, 0) is 26.9 Å². The third kappa shape index (κ3) is 3.89. The van der Waals surface area contributed by atoms with E-state index in [1.807, 2.05) is 0 Å². The first-order chi connectivity index (χ1) is 9.10. The van der Waals surface area contributed by atoms with Crippen LogP contribution in [0.5, 0.6) is 0 Å². The molecule has 3 N–H and O–H groups in total. The highest BCUT2D eigenvalue weighted by atomic mass is 16.5. The SMILES string of the molecule is CN1CCN(C)C(CNC(=O)C2CCC(CN)O2)C1. The molecular formula is C13H26N4O2. The molecule has 6 heteroatoms. The fourth-order valence-corrected chi connectivity index (χ4v) is 2.73. The lowest BCUT2D eigenvalue weighted by atomic mass is 10.1. The second-order valence-electron chi connectivity index (χ2n) is 5.70. The average molecular weight is 270 g/mol. The summed E-state index contributed by atoms with van der Waals surface area (Å²) in [5.74, 6) is 0.0116. The van der Waals surface area contributed by atoms with E-state index in [0.29, 0.717) is 19.1 Å². The Morgan fingerprint density at radius 2 is 2.16 bits per heavy atom. The number of nitrogens with zero attached hydrogens (tertiary/aromatic N) is 2. The molecule has 3 unspecified atom stereocenters. The van der Waals surface area contributed by atoms with Gasteiger partial charge in [0.2, 0.25) is 5.91 Å². The van der Waals surface area contributed by atoms with Gasteiger partial charge >= 0.3 is 0 Å². The minimum atomic E-state index is -0.305. The summed E-state index contributed by atoms with van der Waals surface area (Å²) in [5, 5.41) is 3.02. The lowest BCUT2D eigenvalue weighted by Crippen LogP contribution is -2.55. The van der Waals surface area contributed by atoms with Crippen molar-refractivity contribution in [1.29, 1.82) is 0 Å². The van der Waals surface area contributed by atoms with Gasteiger partial charge in [0.15, 0.2) is 0 Å². The zero-order chi connectivity index (χ0) is 13.8. The van der Waals surface area contributed by atoms with Crippen LogP contribution in [-0.2, 0) is 9.53 Å². The zero-order valence-corrected chi connectivity index (χ0v) is 12.0. The van der Waals surface area contributed by atoms with Crippen LogP contribution in [-0.4, -0.2) is 80.8 Å². The first-order valence-corrected chi connectivity index (χ1v) is 7.12. The maximum absolute atomic E-state index is 12.0. The molecule has 0 aromatic rings. The molecule has 0 saturated carbocycles. The van der Waals surface area contributed by atoms with Gasteiger partial charge < -0.3 is 20.7 Å². The Kier molecular flexibility index (Phi) is 5.15. The molecule has 19 heavy (non-hydrogen) atoms. The first-order valence-electron chi connectivity index (χ1n) is 7.12. The Morgan fingerprint density at radius 1 is 1.37 bits per heavy atom. The smallest absolute Gasteiger partial charge is 0.249 e. The van der Waals surface area contributed by atoms with E-state index >= 15 is 0 Å². The number of hydrogen-bond donors (Lipinski definition) is 2. The lowest BCUT2D eigenvalue weighted by Gasteiger charge is -2.37. The second-order valence-corrected chi connectivity index (χ2v) is 5.70. The van der Waals surface area contributed by atoms with Gasteiger partial charge in [-0.2, -0.15) is 0 Å². The van der Waals surface area contributed by atoms with E-state index in [1.165, 1.54) is 0 Å². The van der Waals surface area contributed by atoms with Gasteiger partial charge in [-0.3, -0.25) is 9.69 Å². The van der Waals surface area contributed by atoms with Crippen molar-refractivity contribution in [1.82, 2.24) is 15.1 Å². The number of piperazine rings is 1. The number of nitrogens with two attached hydrogens (primary N) is 1. The van der Waals surface area contributed by atoms with Gasteiger partial charge in [-0.25, -0.2) is 0 Å². The zero-order valence-electron chi connectivity index (χ0n) is 12.0. The molecule has 2 fully saturated rings. The molecule has 2 heterocycles. The molecule has 3 atom stereocenters. The average Bonchev–Trinajstić information content (AvgIpc) is 2.88. The van der Waals surface area contributed by atoms with Gasteiger partial charge in [-0.15, -0.1) is 0 Å². The molecule has 0 bridgehead atoms. The molecule has 110 valence electrons. The predicted molar refractivity (Wildman–Crippen MR) is 73.9 cm³/mol. The molecule has 2 aliphatic heterocycles. The molecular weight excluding hydrogens is 244 g/mol. The Morgan fingerprint density at radius 3 is 2.84 bits per heavy atom. The normalized spacial score (nSPS) is 33.5. The van der Waals surface area contributed by atoms with E-state index in [1.54, 1.807) is 0 Å². The summed E-state index contributed by atoms with van der Waals surface area (Å²) in [5.41, 5.74) is 5.55. The van der Waals surface area contributed by atoms with Crippen molar-refractivity contribution in [2.45, 2.75) is 31.1 Å². The third-order valence-electron chi connectivity index (χ3n) is 4.15.